The Bertz CT molecular complexity index is 993. The molecule has 8 heteroatoms. The summed E-state index contributed by atoms with van der Waals surface area (Å²) in [6.07, 6.45) is 48.3. The summed E-state index contributed by atoms with van der Waals surface area (Å²) < 4.78 is 17.4. The smallest absolute Gasteiger partial charge is 0.362 e. The number of ether oxygens (including phenoxy) is 3. The first-order valence-electron chi connectivity index (χ1n) is 25.7. The van der Waals surface area contributed by atoms with Crippen molar-refractivity contribution in [1.29, 1.82) is 0 Å². The van der Waals surface area contributed by atoms with Gasteiger partial charge in [-0.2, -0.15) is 0 Å². The number of unbranched alkanes of at least 4 members (excludes halogenated alkanes) is 31. The van der Waals surface area contributed by atoms with Gasteiger partial charge in [-0.15, -0.1) is 0 Å². The number of esters is 2. The molecule has 0 saturated carbocycles. The SMILES string of the molecule is CCCCCCCCCC/C=C\CCCCCCCCCCCC(=O)OC(COCCC(C(=O)O)[N+](C)(C)C)COC(=O)CCCCCCCCCCCCCCCCC. The van der Waals surface area contributed by atoms with Crippen molar-refractivity contribution < 1.29 is 38.2 Å². The molecule has 0 fully saturated rings. The topological polar surface area (TPSA) is 99.1 Å². The lowest BCUT2D eigenvalue weighted by Gasteiger charge is -2.31. The molecular formula is C52H100NO7+. The largest absolute Gasteiger partial charge is 0.477 e. The minimum absolute atomic E-state index is 0.0450. The van der Waals surface area contributed by atoms with E-state index in [2.05, 4.69) is 26.0 Å². The average molecular weight is 851 g/mol. The van der Waals surface area contributed by atoms with Crippen molar-refractivity contribution in [2.45, 2.75) is 264 Å². The zero-order valence-electron chi connectivity index (χ0n) is 40.4. The molecule has 60 heavy (non-hydrogen) atoms. The van der Waals surface area contributed by atoms with Crippen LogP contribution >= 0.6 is 0 Å². The first kappa shape index (κ1) is 58.1. The fraction of sp³-hybridized carbons (Fsp3) is 0.904. The van der Waals surface area contributed by atoms with Crippen LogP contribution < -0.4 is 0 Å². The van der Waals surface area contributed by atoms with E-state index in [0.717, 1.165) is 38.5 Å². The third-order valence-corrected chi connectivity index (χ3v) is 11.9. The maximum Gasteiger partial charge on any atom is 0.362 e. The van der Waals surface area contributed by atoms with E-state index in [4.69, 9.17) is 14.2 Å². The molecule has 0 spiro atoms. The summed E-state index contributed by atoms with van der Waals surface area (Å²) in [6, 6.07) is -0.611. The highest BCUT2D eigenvalue weighted by Crippen LogP contribution is 2.16. The number of likely N-dealkylation sites (N-methyl/N-ethyl adjacent to an activating group) is 1. The molecule has 2 unspecified atom stereocenters. The first-order valence-corrected chi connectivity index (χ1v) is 25.7. The third-order valence-electron chi connectivity index (χ3n) is 11.9. The van der Waals surface area contributed by atoms with Crippen LogP contribution in [-0.2, 0) is 28.6 Å². The number of nitrogens with zero attached hydrogens (tertiary/aromatic N) is 1. The Morgan fingerprint density at radius 2 is 0.833 bits per heavy atom. The second kappa shape index (κ2) is 43.7. The molecule has 0 aliphatic carbocycles. The molecule has 0 radical (unpaired) electrons. The predicted molar refractivity (Wildman–Crippen MR) is 252 cm³/mol. The van der Waals surface area contributed by atoms with Gasteiger partial charge in [0.1, 0.15) is 6.61 Å². The quantitative estimate of drug-likeness (QED) is 0.0282. The lowest BCUT2D eigenvalue weighted by atomic mass is 10.0. The summed E-state index contributed by atoms with van der Waals surface area (Å²) in [5.74, 6) is -1.45. The summed E-state index contributed by atoms with van der Waals surface area (Å²) in [5.41, 5.74) is 0. The number of carbonyl (C=O) groups is 3. The van der Waals surface area contributed by atoms with Gasteiger partial charge in [0, 0.05) is 19.3 Å². The van der Waals surface area contributed by atoms with E-state index >= 15 is 0 Å². The average Bonchev–Trinajstić information content (AvgIpc) is 3.21. The fourth-order valence-electron chi connectivity index (χ4n) is 7.91. The van der Waals surface area contributed by atoms with Gasteiger partial charge in [0.15, 0.2) is 12.1 Å². The molecule has 2 atom stereocenters. The normalized spacial score (nSPS) is 12.9. The van der Waals surface area contributed by atoms with E-state index in [0.29, 0.717) is 19.3 Å². The number of allylic oxidation sites excluding steroid dienone is 2. The molecule has 0 aliphatic heterocycles. The van der Waals surface area contributed by atoms with Crippen molar-refractivity contribution in [2.75, 3.05) is 41.0 Å². The summed E-state index contributed by atoms with van der Waals surface area (Å²) >= 11 is 0. The van der Waals surface area contributed by atoms with Crippen LogP contribution in [0.2, 0.25) is 0 Å². The second-order valence-electron chi connectivity index (χ2n) is 18.8. The number of aliphatic carboxylic acids is 1. The van der Waals surface area contributed by atoms with Crippen molar-refractivity contribution in [1.82, 2.24) is 0 Å². The number of hydrogen-bond acceptors (Lipinski definition) is 6. The van der Waals surface area contributed by atoms with Crippen LogP contribution in [0.1, 0.15) is 251 Å². The standard InChI is InChI=1S/C52H99NO7/c1-6-8-10-12-14-16-18-20-22-23-24-25-26-27-29-31-33-35-37-39-41-43-51(55)60-48(46-58-45-44-49(52(56)57)53(3,4)5)47-59-50(54)42-40-38-36-34-32-30-28-21-19-17-15-13-11-9-7-2/h23-24,48-49H,6-22,25-47H2,1-5H3/p+1/b24-23-. The Labute approximate surface area is 371 Å². The van der Waals surface area contributed by atoms with Crippen LogP contribution in [0, 0.1) is 0 Å². The van der Waals surface area contributed by atoms with E-state index in [-0.39, 0.29) is 36.2 Å². The van der Waals surface area contributed by atoms with E-state index in [1.54, 1.807) is 0 Å². The third kappa shape index (κ3) is 41.4. The van der Waals surface area contributed by atoms with Gasteiger partial charge in [-0.05, 0) is 38.5 Å². The lowest BCUT2D eigenvalue weighted by molar-refractivity contribution is -0.887. The van der Waals surface area contributed by atoms with Crippen molar-refractivity contribution in [3.8, 4) is 0 Å². The fourth-order valence-corrected chi connectivity index (χ4v) is 7.91. The highest BCUT2D eigenvalue weighted by molar-refractivity contribution is 5.72. The molecule has 0 aliphatic rings. The minimum Gasteiger partial charge on any atom is -0.477 e. The summed E-state index contributed by atoms with van der Waals surface area (Å²) in [7, 11) is 5.54. The van der Waals surface area contributed by atoms with Crippen molar-refractivity contribution in [3.63, 3.8) is 0 Å². The van der Waals surface area contributed by atoms with Crippen LogP contribution in [0.25, 0.3) is 0 Å². The molecule has 0 heterocycles. The number of carboxylic acid groups (broad SMARTS) is 1. The van der Waals surface area contributed by atoms with E-state index < -0.39 is 18.1 Å². The summed E-state index contributed by atoms with van der Waals surface area (Å²) in [5, 5.41) is 9.65. The van der Waals surface area contributed by atoms with Crippen molar-refractivity contribution >= 4 is 17.9 Å². The number of carbonyl (C=O) groups excluding carboxylic acids is 2. The molecule has 0 aromatic rings. The molecule has 0 bridgehead atoms. The first-order chi connectivity index (χ1) is 29.1. The zero-order chi connectivity index (χ0) is 44.2. The Balaban J connectivity index is 4.20. The molecule has 0 amide bonds. The predicted octanol–water partition coefficient (Wildman–Crippen LogP) is 14.6. The summed E-state index contributed by atoms with van der Waals surface area (Å²) in [6.45, 7) is 4.78. The Hall–Kier alpha value is -1.93. The maximum absolute atomic E-state index is 12.8. The van der Waals surface area contributed by atoms with Crippen LogP contribution in [0.5, 0.6) is 0 Å². The van der Waals surface area contributed by atoms with Crippen LogP contribution in [-0.4, -0.2) is 80.6 Å². The van der Waals surface area contributed by atoms with E-state index in [1.165, 1.54) is 180 Å². The minimum atomic E-state index is -0.871. The van der Waals surface area contributed by atoms with Gasteiger partial charge in [-0.1, -0.05) is 206 Å². The Morgan fingerprint density at radius 3 is 1.20 bits per heavy atom. The lowest BCUT2D eigenvalue weighted by Crippen LogP contribution is -2.50. The second-order valence-corrected chi connectivity index (χ2v) is 18.8. The Kier molecular flexibility index (Phi) is 42.3. The zero-order valence-corrected chi connectivity index (χ0v) is 40.4. The molecule has 354 valence electrons. The van der Waals surface area contributed by atoms with Gasteiger partial charge in [-0.25, -0.2) is 4.79 Å². The molecule has 8 nitrogen and oxygen atoms in total. The van der Waals surface area contributed by atoms with Crippen LogP contribution in [0.4, 0.5) is 0 Å². The molecular weight excluding hydrogens is 751 g/mol. The van der Waals surface area contributed by atoms with Crippen LogP contribution in [0.3, 0.4) is 0 Å². The monoisotopic (exact) mass is 851 g/mol. The molecule has 0 aromatic carbocycles. The Morgan fingerprint density at radius 1 is 0.483 bits per heavy atom. The van der Waals surface area contributed by atoms with Gasteiger partial charge in [0.25, 0.3) is 0 Å². The highest BCUT2D eigenvalue weighted by atomic mass is 16.6. The summed E-state index contributed by atoms with van der Waals surface area (Å²) in [4.78, 5) is 37.1. The van der Waals surface area contributed by atoms with Gasteiger partial charge in [-0.3, -0.25) is 9.59 Å². The number of hydrogen-bond donors (Lipinski definition) is 1. The van der Waals surface area contributed by atoms with Crippen molar-refractivity contribution in [3.05, 3.63) is 12.2 Å². The van der Waals surface area contributed by atoms with E-state index in [9.17, 15) is 19.5 Å². The van der Waals surface area contributed by atoms with Gasteiger partial charge >= 0.3 is 17.9 Å². The number of carboxylic acids is 1. The van der Waals surface area contributed by atoms with Crippen LogP contribution in [0.15, 0.2) is 12.2 Å². The van der Waals surface area contributed by atoms with Gasteiger partial charge < -0.3 is 23.8 Å². The van der Waals surface area contributed by atoms with Gasteiger partial charge in [0.2, 0.25) is 0 Å². The molecule has 0 aromatic heterocycles. The molecule has 1 N–H and O–H groups in total. The number of rotatable bonds is 47. The number of quaternary nitrogens is 1. The van der Waals surface area contributed by atoms with E-state index in [1.807, 2.05) is 21.1 Å². The molecule has 0 saturated heterocycles. The maximum atomic E-state index is 12.8. The molecule has 0 rings (SSSR count). The van der Waals surface area contributed by atoms with Crippen molar-refractivity contribution in [2.24, 2.45) is 0 Å². The van der Waals surface area contributed by atoms with Gasteiger partial charge in [0.05, 0.1) is 34.4 Å². The highest BCUT2D eigenvalue weighted by Gasteiger charge is 2.31.